The first-order chi connectivity index (χ1) is 11.6. The Kier molecular flexibility index (Phi) is 6.63. The molecule has 0 bridgehead atoms. The summed E-state index contributed by atoms with van der Waals surface area (Å²) in [6.07, 6.45) is 4.32. The smallest absolute Gasteiger partial charge is 0.221 e. The molecule has 1 aliphatic heterocycles. The molecular formula is C16H17BrN6O. The molecule has 0 radical (unpaired) electrons. The minimum Gasteiger partial charge on any atom is -0.369 e. The topological polar surface area (TPSA) is 109 Å². The fraction of sp³-hybridized carbons (Fsp3) is 0.312. The normalized spacial score (nSPS) is 12.9. The largest absolute Gasteiger partial charge is 0.369 e. The number of rotatable bonds is 3. The molecule has 0 aliphatic carbocycles. The van der Waals surface area contributed by atoms with E-state index < -0.39 is 0 Å². The lowest BCUT2D eigenvalue weighted by atomic mass is 10.2. The van der Waals surface area contributed by atoms with E-state index in [0.717, 1.165) is 29.1 Å². The lowest BCUT2D eigenvalue weighted by Crippen LogP contribution is -2.19. The first-order valence-electron chi connectivity index (χ1n) is 7.46. The van der Waals surface area contributed by atoms with E-state index in [1.807, 2.05) is 18.2 Å². The third-order valence-electron chi connectivity index (χ3n) is 3.36. The Labute approximate surface area is 148 Å². The van der Waals surface area contributed by atoms with E-state index in [2.05, 4.69) is 36.0 Å². The molecule has 1 fully saturated rings. The van der Waals surface area contributed by atoms with Crippen LogP contribution in [0.1, 0.15) is 24.1 Å². The third-order valence-corrected chi connectivity index (χ3v) is 3.83. The second kappa shape index (κ2) is 8.93. The predicted molar refractivity (Wildman–Crippen MR) is 93.0 cm³/mol. The molecule has 2 aromatic rings. The highest BCUT2D eigenvalue weighted by molar-refractivity contribution is 9.10. The molecule has 8 heteroatoms. The molecule has 2 aromatic heterocycles. The highest BCUT2D eigenvalue weighted by Gasteiger charge is 2.13. The van der Waals surface area contributed by atoms with E-state index >= 15 is 0 Å². The lowest BCUT2D eigenvalue weighted by molar-refractivity contribution is -0.117. The van der Waals surface area contributed by atoms with E-state index in [1.165, 1.54) is 12.8 Å². The molecule has 0 saturated carbocycles. The number of hydrogen-bond acceptors (Lipinski definition) is 6. The van der Waals surface area contributed by atoms with E-state index in [1.54, 1.807) is 18.3 Å². The molecule has 0 spiro atoms. The average molecular weight is 389 g/mol. The summed E-state index contributed by atoms with van der Waals surface area (Å²) < 4.78 is 0.755. The van der Waals surface area contributed by atoms with Gasteiger partial charge in [-0.15, -0.1) is 10.2 Å². The number of hydrogen-bond donors (Lipinski definition) is 1. The number of carbonyl (C=O) groups is 1. The molecule has 24 heavy (non-hydrogen) atoms. The maximum absolute atomic E-state index is 10.4. The summed E-state index contributed by atoms with van der Waals surface area (Å²) in [5, 5.41) is 16.3. The van der Waals surface area contributed by atoms with Crippen LogP contribution in [-0.4, -0.2) is 34.2 Å². The Hall–Kier alpha value is -2.53. The van der Waals surface area contributed by atoms with E-state index in [0.29, 0.717) is 5.69 Å². The van der Waals surface area contributed by atoms with Gasteiger partial charge in [-0.1, -0.05) is 6.07 Å². The van der Waals surface area contributed by atoms with Crippen LogP contribution in [-0.2, 0) is 11.2 Å². The van der Waals surface area contributed by atoms with Gasteiger partial charge < -0.3 is 10.6 Å². The van der Waals surface area contributed by atoms with Gasteiger partial charge in [0.05, 0.1) is 6.42 Å². The van der Waals surface area contributed by atoms with Crippen LogP contribution in [0.2, 0.25) is 0 Å². The Bertz CT molecular complexity index is 705. The number of anilines is 1. The van der Waals surface area contributed by atoms with Crippen molar-refractivity contribution in [1.82, 2.24) is 15.2 Å². The molecule has 1 aliphatic rings. The SMILES string of the molecule is N#Cc1ccc(N2CCCC2)nn1.NC(=O)Cc1ccc(Br)nc1. The fourth-order valence-corrected chi connectivity index (χ4v) is 2.45. The Morgan fingerprint density at radius 2 is 2.00 bits per heavy atom. The summed E-state index contributed by atoms with van der Waals surface area (Å²) in [7, 11) is 0. The van der Waals surface area contributed by atoms with Crippen molar-refractivity contribution in [2.75, 3.05) is 18.0 Å². The number of primary amides is 1. The van der Waals surface area contributed by atoms with Crippen LogP contribution in [0.15, 0.2) is 35.1 Å². The summed E-state index contributed by atoms with van der Waals surface area (Å²) in [6, 6.07) is 9.10. The molecular weight excluding hydrogens is 372 g/mol. The number of aromatic nitrogens is 3. The summed E-state index contributed by atoms with van der Waals surface area (Å²) >= 11 is 3.18. The van der Waals surface area contributed by atoms with Crippen LogP contribution in [0.3, 0.4) is 0 Å². The van der Waals surface area contributed by atoms with Gasteiger partial charge in [0.15, 0.2) is 11.5 Å². The molecule has 1 amide bonds. The second-order valence-corrected chi connectivity index (χ2v) is 6.03. The van der Waals surface area contributed by atoms with Crippen molar-refractivity contribution in [2.24, 2.45) is 5.73 Å². The molecule has 3 heterocycles. The highest BCUT2D eigenvalue weighted by atomic mass is 79.9. The number of nitriles is 1. The zero-order valence-electron chi connectivity index (χ0n) is 13.0. The lowest BCUT2D eigenvalue weighted by Gasteiger charge is -2.14. The van der Waals surface area contributed by atoms with Gasteiger partial charge in [0.25, 0.3) is 0 Å². The van der Waals surface area contributed by atoms with Crippen LogP contribution >= 0.6 is 15.9 Å². The van der Waals surface area contributed by atoms with E-state index in [-0.39, 0.29) is 12.3 Å². The highest BCUT2D eigenvalue weighted by Crippen LogP contribution is 2.16. The summed E-state index contributed by atoms with van der Waals surface area (Å²) in [4.78, 5) is 16.6. The van der Waals surface area contributed by atoms with Gasteiger partial charge in [0.2, 0.25) is 5.91 Å². The van der Waals surface area contributed by atoms with Crippen LogP contribution in [0.5, 0.6) is 0 Å². The number of pyridine rings is 1. The molecule has 3 rings (SSSR count). The van der Waals surface area contributed by atoms with Crippen molar-refractivity contribution in [3.63, 3.8) is 0 Å². The van der Waals surface area contributed by atoms with Crippen molar-refractivity contribution in [1.29, 1.82) is 5.26 Å². The van der Waals surface area contributed by atoms with Crippen LogP contribution < -0.4 is 10.6 Å². The van der Waals surface area contributed by atoms with Gasteiger partial charge in [-0.25, -0.2) is 4.98 Å². The van der Waals surface area contributed by atoms with Crippen molar-refractivity contribution >= 4 is 27.7 Å². The third kappa shape index (κ3) is 5.59. The molecule has 0 unspecified atom stereocenters. The molecule has 124 valence electrons. The van der Waals surface area contributed by atoms with E-state index in [9.17, 15) is 4.79 Å². The van der Waals surface area contributed by atoms with Gasteiger partial charge in [-0.05, 0) is 52.5 Å². The van der Waals surface area contributed by atoms with Crippen molar-refractivity contribution in [3.05, 3.63) is 46.3 Å². The van der Waals surface area contributed by atoms with Gasteiger partial charge in [0.1, 0.15) is 10.7 Å². The maximum atomic E-state index is 10.4. The average Bonchev–Trinajstić information content (AvgIpc) is 3.12. The monoisotopic (exact) mass is 388 g/mol. The van der Waals surface area contributed by atoms with E-state index in [4.69, 9.17) is 11.0 Å². The summed E-state index contributed by atoms with van der Waals surface area (Å²) in [6.45, 7) is 2.11. The summed E-state index contributed by atoms with van der Waals surface area (Å²) in [5.74, 6) is 0.547. The first kappa shape index (κ1) is 17.8. The van der Waals surface area contributed by atoms with Gasteiger partial charge >= 0.3 is 0 Å². The predicted octanol–water partition coefficient (Wildman–Crippen LogP) is 1.82. The van der Waals surface area contributed by atoms with Crippen LogP contribution in [0.4, 0.5) is 5.82 Å². The van der Waals surface area contributed by atoms with Gasteiger partial charge in [0, 0.05) is 19.3 Å². The van der Waals surface area contributed by atoms with Crippen molar-refractivity contribution in [3.8, 4) is 6.07 Å². The van der Waals surface area contributed by atoms with Gasteiger partial charge in [-0.2, -0.15) is 5.26 Å². The Balaban J connectivity index is 0.000000177. The second-order valence-electron chi connectivity index (χ2n) is 5.21. The Morgan fingerprint density at radius 1 is 1.25 bits per heavy atom. The summed E-state index contributed by atoms with van der Waals surface area (Å²) in [5.41, 5.74) is 6.20. The minimum absolute atomic E-state index is 0.250. The maximum Gasteiger partial charge on any atom is 0.221 e. The molecule has 7 nitrogen and oxygen atoms in total. The van der Waals surface area contributed by atoms with Crippen molar-refractivity contribution < 1.29 is 4.79 Å². The quantitative estimate of drug-likeness (QED) is 0.803. The standard InChI is InChI=1S/C9H10N4.C7H7BrN2O/c10-7-8-3-4-9(12-11-8)13-5-1-2-6-13;8-6-2-1-5(4-10-6)3-7(9)11/h3-4H,1-2,5-6H2;1-2,4H,3H2,(H2,9,11). The molecule has 2 N–H and O–H groups in total. The van der Waals surface area contributed by atoms with Crippen LogP contribution in [0, 0.1) is 11.3 Å². The fourth-order valence-electron chi connectivity index (χ4n) is 2.21. The number of halogens is 1. The molecule has 0 aromatic carbocycles. The van der Waals surface area contributed by atoms with Crippen LogP contribution in [0.25, 0.3) is 0 Å². The first-order valence-corrected chi connectivity index (χ1v) is 8.25. The van der Waals surface area contributed by atoms with Gasteiger partial charge in [-0.3, -0.25) is 4.79 Å². The zero-order chi connectivity index (χ0) is 17.4. The number of carbonyl (C=O) groups excluding carboxylic acids is 1. The van der Waals surface area contributed by atoms with Crippen molar-refractivity contribution in [2.45, 2.75) is 19.3 Å². The number of amides is 1. The number of nitrogens with zero attached hydrogens (tertiary/aromatic N) is 5. The minimum atomic E-state index is -0.339. The number of nitrogens with two attached hydrogens (primary N) is 1. The molecule has 1 saturated heterocycles. The zero-order valence-corrected chi connectivity index (χ0v) is 14.6. The molecule has 0 atom stereocenters. The Morgan fingerprint density at radius 3 is 2.50 bits per heavy atom.